The highest BCUT2D eigenvalue weighted by Crippen LogP contribution is 2.49. The topological polar surface area (TPSA) is 43.1 Å². The molecule has 0 radical (unpaired) electrons. The van der Waals surface area contributed by atoms with Crippen LogP contribution in [0.5, 0.6) is 0 Å². The van der Waals surface area contributed by atoms with E-state index in [1.165, 1.54) is 18.2 Å². The zero-order valence-electron chi connectivity index (χ0n) is 9.62. The highest BCUT2D eigenvalue weighted by atomic mass is 19.2. The Morgan fingerprint density at radius 2 is 1.70 bits per heavy atom. The first-order valence-corrected chi connectivity index (χ1v) is 5.30. The molecule has 2 atom stereocenters. The maximum absolute atomic E-state index is 14.5. The van der Waals surface area contributed by atoms with Crippen molar-refractivity contribution in [2.24, 2.45) is 0 Å². The molecule has 0 aromatic heterocycles. The second-order valence-corrected chi connectivity index (χ2v) is 4.02. The molecule has 8 heteroatoms. The van der Waals surface area contributed by atoms with Gasteiger partial charge in [-0.25, -0.2) is 17.6 Å². The molecular formula is C12H6F5NO2. The predicted molar refractivity (Wildman–Crippen MR) is 58.5 cm³/mol. The summed E-state index contributed by atoms with van der Waals surface area (Å²) in [6, 6.07) is 5.65. The van der Waals surface area contributed by atoms with E-state index in [1.807, 2.05) is 0 Å². The molecular weight excluding hydrogens is 285 g/mol. The molecule has 0 amide bonds. The Hall–Kier alpha value is -2.25. The Morgan fingerprint density at radius 1 is 1.15 bits per heavy atom. The fourth-order valence-corrected chi connectivity index (χ4v) is 1.90. The molecule has 0 saturated heterocycles. The van der Waals surface area contributed by atoms with Crippen LogP contribution >= 0.6 is 0 Å². The SMILES string of the molecule is O=[N+]([O-])C1=C(F)C(F)C(F)(c2ccccc2)C(F)=C1F. The van der Waals surface area contributed by atoms with Gasteiger partial charge in [-0.3, -0.25) is 10.1 Å². The number of alkyl halides is 2. The van der Waals surface area contributed by atoms with Crippen molar-refractivity contribution < 1.29 is 26.9 Å². The molecule has 0 bridgehead atoms. The standard InChI is InChI=1S/C12H6F5NO2/c13-7-9(18(19)20)8(14)11(16)12(17,10(7)15)6-4-2-1-3-5-6/h1-5,10H. The lowest BCUT2D eigenvalue weighted by Crippen LogP contribution is -2.38. The molecule has 0 spiro atoms. The lowest BCUT2D eigenvalue weighted by atomic mass is 9.84. The number of hydrogen-bond donors (Lipinski definition) is 0. The van der Waals surface area contributed by atoms with Gasteiger partial charge in [-0.2, -0.15) is 4.39 Å². The Balaban J connectivity index is 2.69. The molecule has 0 fully saturated rings. The average molecular weight is 291 g/mol. The highest BCUT2D eigenvalue weighted by Gasteiger charge is 2.57. The van der Waals surface area contributed by atoms with E-state index in [4.69, 9.17) is 0 Å². The van der Waals surface area contributed by atoms with E-state index < -0.39 is 45.5 Å². The first-order chi connectivity index (χ1) is 9.31. The summed E-state index contributed by atoms with van der Waals surface area (Å²) in [5.74, 6) is -7.00. The average Bonchev–Trinajstić information content (AvgIpc) is 2.44. The van der Waals surface area contributed by atoms with Crippen molar-refractivity contribution in [3.05, 3.63) is 69.2 Å². The molecule has 3 nitrogen and oxygen atoms in total. The van der Waals surface area contributed by atoms with Crippen LogP contribution in [0.25, 0.3) is 0 Å². The Labute approximate surface area is 109 Å². The van der Waals surface area contributed by atoms with Crippen molar-refractivity contribution >= 4 is 0 Å². The minimum absolute atomic E-state index is 0.683. The van der Waals surface area contributed by atoms with Crippen LogP contribution in [-0.4, -0.2) is 11.1 Å². The maximum atomic E-state index is 14.5. The van der Waals surface area contributed by atoms with Crippen LogP contribution in [0.15, 0.2) is 53.5 Å². The smallest absolute Gasteiger partial charge is 0.258 e. The molecule has 1 aromatic carbocycles. The van der Waals surface area contributed by atoms with Crippen LogP contribution in [0.4, 0.5) is 22.0 Å². The summed E-state index contributed by atoms with van der Waals surface area (Å²) in [6.45, 7) is 0. The van der Waals surface area contributed by atoms with E-state index in [2.05, 4.69) is 0 Å². The largest absolute Gasteiger partial charge is 0.342 e. The van der Waals surface area contributed by atoms with Crippen LogP contribution in [0.3, 0.4) is 0 Å². The minimum atomic E-state index is -3.77. The predicted octanol–water partition coefficient (Wildman–Crippen LogP) is 3.81. The van der Waals surface area contributed by atoms with Gasteiger partial charge in [-0.05, 0) is 5.56 Å². The number of benzene rings is 1. The van der Waals surface area contributed by atoms with Crippen LogP contribution in [0.2, 0.25) is 0 Å². The number of hydrogen-bond acceptors (Lipinski definition) is 2. The van der Waals surface area contributed by atoms with Crippen LogP contribution in [0.1, 0.15) is 5.56 Å². The lowest BCUT2D eigenvalue weighted by Gasteiger charge is -2.29. The second kappa shape index (κ2) is 4.69. The molecule has 2 unspecified atom stereocenters. The van der Waals surface area contributed by atoms with Crippen molar-refractivity contribution in [1.82, 2.24) is 0 Å². The van der Waals surface area contributed by atoms with E-state index in [1.54, 1.807) is 0 Å². The van der Waals surface area contributed by atoms with E-state index in [9.17, 15) is 32.1 Å². The highest BCUT2D eigenvalue weighted by molar-refractivity contribution is 5.44. The van der Waals surface area contributed by atoms with Crippen molar-refractivity contribution in [2.75, 3.05) is 0 Å². The number of halogens is 5. The Morgan fingerprint density at radius 3 is 2.20 bits per heavy atom. The van der Waals surface area contributed by atoms with E-state index in [0.717, 1.165) is 12.1 Å². The van der Waals surface area contributed by atoms with Gasteiger partial charge in [0.15, 0.2) is 5.83 Å². The first kappa shape index (κ1) is 14.2. The summed E-state index contributed by atoms with van der Waals surface area (Å²) in [5, 5.41) is 10.4. The van der Waals surface area contributed by atoms with Gasteiger partial charge < -0.3 is 0 Å². The molecule has 20 heavy (non-hydrogen) atoms. The fraction of sp³-hybridized carbons (Fsp3) is 0.167. The van der Waals surface area contributed by atoms with E-state index >= 15 is 0 Å². The third-order valence-electron chi connectivity index (χ3n) is 2.89. The van der Waals surface area contributed by atoms with Gasteiger partial charge in [0.25, 0.3) is 0 Å². The molecule has 0 N–H and O–H groups in total. The monoisotopic (exact) mass is 291 g/mol. The summed E-state index contributed by atoms with van der Waals surface area (Å²) in [7, 11) is 0. The van der Waals surface area contributed by atoms with E-state index in [-0.39, 0.29) is 0 Å². The van der Waals surface area contributed by atoms with Crippen LogP contribution in [-0.2, 0) is 5.67 Å². The summed E-state index contributed by atoms with van der Waals surface area (Å²) in [6.07, 6.45) is -3.34. The van der Waals surface area contributed by atoms with Crippen LogP contribution in [0, 0.1) is 10.1 Å². The third-order valence-corrected chi connectivity index (χ3v) is 2.89. The normalized spacial score (nSPS) is 26.9. The van der Waals surface area contributed by atoms with Gasteiger partial charge in [-0.1, -0.05) is 30.3 Å². The van der Waals surface area contributed by atoms with Gasteiger partial charge in [0.1, 0.15) is 0 Å². The summed E-state index contributed by atoms with van der Waals surface area (Å²) in [4.78, 5) is 8.75. The lowest BCUT2D eigenvalue weighted by molar-refractivity contribution is -0.426. The van der Waals surface area contributed by atoms with Crippen molar-refractivity contribution in [1.29, 1.82) is 0 Å². The first-order valence-electron chi connectivity index (χ1n) is 5.30. The molecule has 1 aromatic rings. The summed E-state index contributed by atoms with van der Waals surface area (Å²) >= 11 is 0. The number of nitrogens with zero attached hydrogens (tertiary/aromatic N) is 1. The Bertz CT molecular complexity index is 628. The third kappa shape index (κ3) is 1.79. The van der Waals surface area contributed by atoms with Crippen LogP contribution < -0.4 is 0 Å². The molecule has 1 aliphatic rings. The molecule has 0 saturated carbocycles. The quantitative estimate of drug-likeness (QED) is 0.472. The van der Waals surface area contributed by atoms with E-state index in [0.29, 0.717) is 0 Å². The maximum Gasteiger partial charge on any atom is 0.342 e. The van der Waals surface area contributed by atoms with Gasteiger partial charge in [0, 0.05) is 0 Å². The molecule has 2 rings (SSSR count). The fourth-order valence-electron chi connectivity index (χ4n) is 1.90. The number of rotatable bonds is 2. The number of nitro groups is 1. The second-order valence-electron chi connectivity index (χ2n) is 4.02. The van der Waals surface area contributed by atoms with Gasteiger partial charge in [0.2, 0.25) is 23.5 Å². The van der Waals surface area contributed by atoms with Crippen molar-refractivity contribution in [3.63, 3.8) is 0 Å². The molecule has 106 valence electrons. The van der Waals surface area contributed by atoms with Crippen molar-refractivity contribution in [2.45, 2.75) is 11.8 Å². The van der Waals surface area contributed by atoms with Crippen molar-refractivity contribution in [3.8, 4) is 0 Å². The molecule has 0 aliphatic heterocycles. The zero-order valence-corrected chi connectivity index (χ0v) is 9.62. The summed E-state index contributed by atoms with van der Waals surface area (Å²) in [5.41, 5.74) is -6.48. The Kier molecular flexibility index (Phi) is 3.33. The summed E-state index contributed by atoms with van der Waals surface area (Å²) < 4.78 is 68.9. The van der Waals surface area contributed by atoms with Gasteiger partial charge >= 0.3 is 5.70 Å². The van der Waals surface area contributed by atoms with Gasteiger partial charge in [0.05, 0.1) is 4.92 Å². The van der Waals surface area contributed by atoms with Gasteiger partial charge in [-0.15, -0.1) is 0 Å². The zero-order chi connectivity index (χ0) is 15.1. The minimum Gasteiger partial charge on any atom is -0.258 e. The number of allylic oxidation sites excluding steroid dienone is 3. The molecule has 1 aliphatic carbocycles. The molecule has 0 heterocycles.